The maximum atomic E-state index is 12.8. The number of rotatable bonds is 4. The summed E-state index contributed by atoms with van der Waals surface area (Å²) in [6, 6.07) is 7.42. The molecule has 0 saturated carbocycles. The standard InChI is InChI=1S/C16H14Cl2N2O4S/c1-3-20-13-6-9(2)15(8-14(13)24-16(20)21)25(22,23)19-12-7-10(17)4-5-11(12)18/h4-8,19H,3H2,1-2H3. The fourth-order valence-electron chi connectivity index (χ4n) is 2.56. The molecule has 0 amide bonds. The van der Waals surface area contributed by atoms with E-state index in [4.69, 9.17) is 27.6 Å². The molecule has 6 nitrogen and oxygen atoms in total. The topological polar surface area (TPSA) is 81.3 Å². The molecule has 0 fully saturated rings. The summed E-state index contributed by atoms with van der Waals surface area (Å²) in [5.74, 6) is -0.530. The molecule has 0 spiro atoms. The number of nitrogens with one attached hydrogen (secondary N) is 1. The lowest BCUT2D eigenvalue weighted by Crippen LogP contribution is -2.15. The van der Waals surface area contributed by atoms with Gasteiger partial charge in [0, 0.05) is 17.6 Å². The molecule has 0 aliphatic carbocycles. The first kappa shape index (κ1) is 17.8. The van der Waals surface area contributed by atoms with Crippen LogP contribution in [0, 0.1) is 6.92 Å². The molecular weight excluding hydrogens is 387 g/mol. The molecule has 1 heterocycles. The third-order valence-electron chi connectivity index (χ3n) is 3.74. The van der Waals surface area contributed by atoms with Crippen molar-refractivity contribution in [1.82, 2.24) is 4.57 Å². The molecule has 0 aliphatic heterocycles. The van der Waals surface area contributed by atoms with Crippen LogP contribution in [0.5, 0.6) is 0 Å². The molecule has 0 atom stereocenters. The number of hydrogen-bond acceptors (Lipinski definition) is 4. The van der Waals surface area contributed by atoms with E-state index in [1.807, 2.05) is 0 Å². The van der Waals surface area contributed by atoms with Crippen LogP contribution in [0.1, 0.15) is 12.5 Å². The van der Waals surface area contributed by atoms with Crippen LogP contribution in [-0.4, -0.2) is 13.0 Å². The van der Waals surface area contributed by atoms with Gasteiger partial charge in [0.05, 0.1) is 21.1 Å². The number of hydrogen-bond donors (Lipinski definition) is 1. The summed E-state index contributed by atoms with van der Waals surface area (Å²) in [5, 5.41) is 0.565. The third-order valence-corrected chi connectivity index (χ3v) is 5.82. The number of aromatic nitrogens is 1. The number of sulfonamides is 1. The first-order valence-electron chi connectivity index (χ1n) is 7.35. The van der Waals surface area contributed by atoms with E-state index >= 15 is 0 Å². The Morgan fingerprint density at radius 1 is 1.20 bits per heavy atom. The second-order valence-corrected chi connectivity index (χ2v) is 7.92. The Labute approximate surface area is 154 Å². The van der Waals surface area contributed by atoms with Crippen LogP contribution < -0.4 is 10.5 Å². The fourth-order valence-corrected chi connectivity index (χ4v) is 4.27. The van der Waals surface area contributed by atoms with Gasteiger partial charge in [0.2, 0.25) is 0 Å². The number of halogens is 2. The van der Waals surface area contributed by atoms with Crippen LogP contribution in [-0.2, 0) is 16.6 Å². The van der Waals surface area contributed by atoms with Gasteiger partial charge in [-0.1, -0.05) is 23.2 Å². The quantitative estimate of drug-likeness (QED) is 0.716. The lowest BCUT2D eigenvalue weighted by atomic mass is 10.2. The molecule has 0 aliphatic rings. The Bertz CT molecular complexity index is 1130. The summed E-state index contributed by atoms with van der Waals surface area (Å²) in [6.45, 7) is 3.87. The second kappa shape index (κ2) is 6.40. The van der Waals surface area contributed by atoms with Crippen LogP contribution in [0.25, 0.3) is 11.1 Å². The number of aryl methyl sites for hydroxylation is 2. The maximum absolute atomic E-state index is 12.8. The maximum Gasteiger partial charge on any atom is 0.419 e. The molecule has 0 radical (unpaired) electrons. The Kier molecular flexibility index (Phi) is 4.57. The normalized spacial score (nSPS) is 11.8. The summed E-state index contributed by atoms with van der Waals surface area (Å²) < 4.78 is 34.5. The first-order valence-corrected chi connectivity index (χ1v) is 9.58. The van der Waals surface area contributed by atoms with E-state index in [1.54, 1.807) is 26.0 Å². The van der Waals surface area contributed by atoms with Gasteiger partial charge in [-0.25, -0.2) is 13.2 Å². The number of benzene rings is 2. The van der Waals surface area contributed by atoms with Crippen LogP contribution >= 0.6 is 23.2 Å². The minimum atomic E-state index is -3.95. The Balaban J connectivity index is 2.12. The van der Waals surface area contributed by atoms with Crippen molar-refractivity contribution in [2.75, 3.05) is 4.72 Å². The molecular formula is C16H14Cl2N2O4S. The highest BCUT2D eigenvalue weighted by molar-refractivity contribution is 7.92. The van der Waals surface area contributed by atoms with Crippen molar-refractivity contribution in [3.63, 3.8) is 0 Å². The molecule has 1 aromatic heterocycles. The van der Waals surface area contributed by atoms with Gasteiger partial charge in [0.1, 0.15) is 0 Å². The van der Waals surface area contributed by atoms with Gasteiger partial charge in [0.15, 0.2) is 5.58 Å². The van der Waals surface area contributed by atoms with Gasteiger partial charge in [-0.05, 0) is 43.7 Å². The Morgan fingerprint density at radius 3 is 2.60 bits per heavy atom. The van der Waals surface area contributed by atoms with Gasteiger partial charge < -0.3 is 4.42 Å². The molecule has 2 aromatic carbocycles. The molecule has 9 heteroatoms. The average molecular weight is 401 g/mol. The van der Waals surface area contributed by atoms with Gasteiger partial charge in [-0.3, -0.25) is 9.29 Å². The van der Waals surface area contributed by atoms with Crippen LogP contribution in [0.4, 0.5) is 5.69 Å². The summed E-state index contributed by atoms with van der Waals surface area (Å²) in [6.07, 6.45) is 0. The second-order valence-electron chi connectivity index (χ2n) is 5.43. The highest BCUT2D eigenvalue weighted by Gasteiger charge is 2.21. The molecule has 25 heavy (non-hydrogen) atoms. The van der Waals surface area contributed by atoms with Gasteiger partial charge in [-0.2, -0.15) is 0 Å². The molecule has 1 N–H and O–H groups in total. The van der Waals surface area contributed by atoms with Gasteiger partial charge in [0.25, 0.3) is 10.0 Å². The first-order chi connectivity index (χ1) is 11.7. The average Bonchev–Trinajstić information content (AvgIpc) is 2.84. The molecule has 3 rings (SSSR count). The van der Waals surface area contributed by atoms with Crippen molar-refractivity contribution in [3.05, 3.63) is 56.5 Å². The lowest BCUT2D eigenvalue weighted by Gasteiger charge is -2.12. The van der Waals surface area contributed by atoms with E-state index in [2.05, 4.69) is 4.72 Å². The highest BCUT2D eigenvalue weighted by atomic mass is 35.5. The fraction of sp³-hybridized carbons (Fsp3) is 0.188. The van der Waals surface area contributed by atoms with Crippen LogP contribution in [0.15, 0.2) is 44.4 Å². The molecule has 132 valence electrons. The van der Waals surface area contributed by atoms with Crippen molar-refractivity contribution in [2.24, 2.45) is 0 Å². The number of nitrogens with zero attached hydrogens (tertiary/aromatic N) is 1. The number of anilines is 1. The van der Waals surface area contributed by atoms with Crippen LogP contribution in [0.2, 0.25) is 10.0 Å². The van der Waals surface area contributed by atoms with Crippen molar-refractivity contribution < 1.29 is 12.8 Å². The Hall–Kier alpha value is -1.96. The van der Waals surface area contributed by atoms with E-state index in [0.717, 1.165) is 0 Å². The van der Waals surface area contributed by atoms with E-state index in [1.165, 1.54) is 22.8 Å². The largest absolute Gasteiger partial charge is 0.419 e. The van der Waals surface area contributed by atoms with Crippen LogP contribution in [0.3, 0.4) is 0 Å². The van der Waals surface area contributed by atoms with Crippen molar-refractivity contribution in [2.45, 2.75) is 25.3 Å². The molecule has 0 bridgehead atoms. The Morgan fingerprint density at radius 2 is 1.92 bits per heavy atom. The zero-order chi connectivity index (χ0) is 18.4. The highest BCUT2D eigenvalue weighted by Crippen LogP contribution is 2.29. The van der Waals surface area contributed by atoms with Crippen molar-refractivity contribution in [1.29, 1.82) is 0 Å². The predicted octanol–water partition coefficient (Wildman–Crippen LogP) is 4.03. The molecule has 0 saturated heterocycles. The minimum absolute atomic E-state index is 0.00644. The minimum Gasteiger partial charge on any atom is -0.408 e. The monoisotopic (exact) mass is 400 g/mol. The number of oxazole rings is 1. The van der Waals surface area contributed by atoms with E-state index in [9.17, 15) is 13.2 Å². The zero-order valence-electron chi connectivity index (χ0n) is 13.3. The third kappa shape index (κ3) is 3.27. The van der Waals surface area contributed by atoms with Crippen molar-refractivity contribution in [3.8, 4) is 0 Å². The molecule has 3 aromatic rings. The van der Waals surface area contributed by atoms with Gasteiger partial charge in [-0.15, -0.1) is 0 Å². The van der Waals surface area contributed by atoms with E-state index in [0.29, 0.717) is 22.6 Å². The lowest BCUT2D eigenvalue weighted by molar-refractivity contribution is 0.512. The molecule has 0 unspecified atom stereocenters. The predicted molar refractivity (Wildman–Crippen MR) is 98.2 cm³/mol. The summed E-state index contributed by atoms with van der Waals surface area (Å²) in [5.41, 5.74) is 1.39. The van der Waals surface area contributed by atoms with Crippen molar-refractivity contribution >= 4 is 50.0 Å². The zero-order valence-corrected chi connectivity index (χ0v) is 15.7. The van der Waals surface area contributed by atoms with E-state index < -0.39 is 15.8 Å². The summed E-state index contributed by atoms with van der Waals surface area (Å²) >= 11 is 11.9. The number of fused-ring (bicyclic) bond motifs is 1. The van der Waals surface area contributed by atoms with E-state index in [-0.39, 0.29) is 21.2 Å². The smallest absolute Gasteiger partial charge is 0.408 e. The SMILES string of the molecule is CCn1c(=O)oc2cc(S(=O)(=O)Nc3cc(Cl)ccc3Cl)c(C)cc21. The summed E-state index contributed by atoms with van der Waals surface area (Å²) in [7, 11) is -3.95. The van der Waals surface area contributed by atoms with Gasteiger partial charge >= 0.3 is 5.76 Å². The summed E-state index contributed by atoms with van der Waals surface area (Å²) in [4.78, 5) is 11.8.